The topological polar surface area (TPSA) is 66.8 Å². The van der Waals surface area contributed by atoms with E-state index in [1.807, 2.05) is 0 Å². The normalized spacial score (nSPS) is 23.7. The van der Waals surface area contributed by atoms with Crippen molar-refractivity contribution in [2.45, 2.75) is 25.0 Å². The maximum absolute atomic E-state index is 12.9. The molecule has 0 saturated carbocycles. The standard InChI is InChI=1S/C22H19Cl2NO4/c23-14-9-7-13(8-10-14)20(26)18-19(16-5-1-2-6-17(16)24)25(22(28)21(18)27)12-15-4-3-11-29-15/h1-2,5-10,15,19,26H,3-4,11-12H2/b20-18+/t15-,19+/m0/s1. The predicted octanol–water partition coefficient (Wildman–Crippen LogP) is 4.59. The van der Waals surface area contributed by atoms with Crippen LogP contribution in [0.5, 0.6) is 0 Å². The minimum atomic E-state index is -0.788. The highest BCUT2D eigenvalue weighted by Crippen LogP contribution is 2.42. The molecule has 1 N–H and O–H groups in total. The fraction of sp³-hybridized carbons (Fsp3) is 0.273. The molecular formula is C22H19Cl2NO4. The van der Waals surface area contributed by atoms with E-state index in [4.69, 9.17) is 27.9 Å². The summed E-state index contributed by atoms with van der Waals surface area (Å²) in [5, 5.41) is 11.9. The van der Waals surface area contributed by atoms with Crippen molar-refractivity contribution < 1.29 is 19.4 Å². The van der Waals surface area contributed by atoms with Crippen molar-refractivity contribution in [3.8, 4) is 0 Å². The van der Waals surface area contributed by atoms with E-state index in [0.717, 1.165) is 12.8 Å². The van der Waals surface area contributed by atoms with Crippen LogP contribution in [-0.2, 0) is 14.3 Å². The molecule has 0 bridgehead atoms. The molecule has 0 spiro atoms. The first-order valence-corrected chi connectivity index (χ1v) is 10.1. The number of benzene rings is 2. The molecule has 150 valence electrons. The van der Waals surface area contributed by atoms with Gasteiger partial charge in [0.1, 0.15) is 5.76 Å². The Balaban J connectivity index is 1.84. The van der Waals surface area contributed by atoms with Crippen LogP contribution in [0, 0.1) is 0 Å². The number of Topliss-reactive ketones (excluding diaryl/α,β-unsaturated/α-hetero) is 1. The first kappa shape index (κ1) is 20.0. The molecule has 0 aliphatic carbocycles. The second-order valence-electron chi connectivity index (χ2n) is 7.11. The molecule has 29 heavy (non-hydrogen) atoms. The Morgan fingerprint density at radius 3 is 2.48 bits per heavy atom. The van der Waals surface area contributed by atoms with E-state index in [2.05, 4.69) is 0 Å². The van der Waals surface area contributed by atoms with Crippen molar-refractivity contribution in [2.75, 3.05) is 13.2 Å². The van der Waals surface area contributed by atoms with Gasteiger partial charge in [-0.2, -0.15) is 0 Å². The van der Waals surface area contributed by atoms with Crippen LogP contribution in [0.2, 0.25) is 10.0 Å². The number of ketones is 1. The van der Waals surface area contributed by atoms with Crippen LogP contribution in [0.25, 0.3) is 5.76 Å². The predicted molar refractivity (Wildman–Crippen MR) is 111 cm³/mol. The molecule has 1 amide bonds. The molecule has 2 aromatic carbocycles. The third kappa shape index (κ3) is 3.78. The van der Waals surface area contributed by atoms with Crippen molar-refractivity contribution in [1.82, 2.24) is 4.90 Å². The summed E-state index contributed by atoms with van der Waals surface area (Å²) in [6.07, 6.45) is 1.58. The van der Waals surface area contributed by atoms with Gasteiger partial charge < -0.3 is 14.7 Å². The molecule has 0 aromatic heterocycles. The molecular weight excluding hydrogens is 413 g/mol. The lowest BCUT2D eigenvalue weighted by atomic mass is 9.95. The second kappa shape index (κ2) is 8.19. The number of aliphatic hydroxyl groups is 1. The molecule has 2 aliphatic rings. The fourth-order valence-electron chi connectivity index (χ4n) is 3.86. The van der Waals surface area contributed by atoms with Crippen LogP contribution in [0.15, 0.2) is 54.1 Å². The molecule has 4 rings (SSSR count). The Morgan fingerprint density at radius 1 is 1.10 bits per heavy atom. The van der Waals surface area contributed by atoms with Gasteiger partial charge in [0.25, 0.3) is 11.7 Å². The van der Waals surface area contributed by atoms with E-state index in [0.29, 0.717) is 27.8 Å². The number of nitrogens with zero attached hydrogens (tertiary/aromatic N) is 1. The summed E-state index contributed by atoms with van der Waals surface area (Å²) in [6, 6.07) is 12.7. The quantitative estimate of drug-likeness (QED) is 0.436. The summed E-state index contributed by atoms with van der Waals surface area (Å²) in [5.41, 5.74) is 1.01. The van der Waals surface area contributed by atoms with Crippen molar-refractivity contribution in [2.24, 2.45) is 0 Å². The number of ether oxygens (including phenoxy) is 1. The number of halogens is 2. The minimum Gasteiger partial charge on any atom is -0.507 e. The average molecular weight is 432 g/mol. The summed E-state index contributed by atoms with van der Waals surface area (Å²) in [4.78, 5) is 27.3. The van der Waals surface area contributed by atoms with Crippen LogP contribution >= 0.6 is 23.2 Å². The number of hydrogen-bond donors (Lipinski definition) is 1. The lowest BCUT2D eigenvalue weighted by molar-refractivity contribution is -0.140. The van der Waals surface area contributed by atoms with Gasteiger partial charge in [-0.25, -0.2) is 0 Å². The van der Waals surface area contributed by atoms with E-state index in [-0.39, 0.29) is 24.0 Å². The smallest absolute Gasteiger partial charge is 0.295 e. The number of hydrogen-bond acceptors (Lipinski definition) is 4. The molecule has 2 saturated heterocycles. The third-order valence-corrected chi connectivity index (χ3v) is 5.88. The number of carbonyl (C=O) groups is 2. The first-order valence-electron chi connectivity index (χ1n) is 9.37. The van der Waals surface area contributed by atoms with Gasteiger partial charge in [0.2, 0.25) is 0 Å². The summed E-state index contributed by atoms with van der Waals surface area (Å²) in [5.74, 6) is -1.65. The zero-order chi connectivity index (χ0) is 20.5. The molecule has 2 heterocycles. The number of likely N-dealkylation sites (tertiary alicyclic amines) is 1. The van der Waals surface area contributed by atoms with Gasteiger partial charge in [-0.1, -0.05) is 41.4 Å². The summed E-state index contributed by atoms with van der Waals surface area (Å²) in [7, 11) is 0. The van der Waals surface area contributed by atoms with Crippen LogP contribution < -0.4 is 0 Å². The first-order chi connectivity index (χ1) is 14.0. The summed E-state index contributed by atoms with van der Waals surface area (Å²) in [6.45, 7) is 0.897. The number of aliphatic hydroxyl groups excluding tert-OH is 1. The number of amides is 1. The summed E-state index contributed by atoms with van der Waals surface area (Å²) >= 11 is 12.3. The molecule has 0 radical (unpaired) electrons. The highest BCUT2D eigenvalue weighted by Gasteiger charge is 2.47. The van der Waals surface area contributed by atoms with E-state index in [1.165, 1.54) is 4.90 Å². The van der Waals surface area contributed by atoms with Gasteiger partial charge in [-0.15, -0.1) is 0 Å². The lowest BCUT2D eigenvalue weighted by Gasteiger charge is -2.28. The van der Waals surface area contributed by atoms with Gasteiger partial charge >= 0.3 is 0 Å². The van der Waals surface area contributed by atoms with Gasteiger partial charge in [0, 0.05) is 28.8 Å². The third-order valence-electron chi connectivity index (χ3n) is 5.28. The molecule has 5 nitrogen and oxygen atoms in total. The Kier molecular flexibility index (Phi) is 5.63. The van der Waals surface area contributed by atoms with Crippen molar-refractivity contribution in [3.63, 3.8) is 0 Å². The van der Waals surface area contributed by atoms with Gasteiger partial charge in [-0.3, -0.25) is 9.59 Å². The Bertz CT molecular complexity index is 981. The lowest BCUT2D eigenvalue weighted by Crippen LogP contribution is -2.36. The maximum Gasteiger partial charge on any atom is 0.295 e. The SMILES string of the molecule is O=C1C(=O)N(C[C@@H]2CCCO2)[C@H](c2ccccc2Cl)/C1=C(\O)c1ccc(Cl)cc1. The minimum absolute atomic E-state index is 0.0171. The van der Waals surface area contributed by atoms with Crippen LogP contribution in [0.3, 0.4) is 0 Å². The van der Waals surface area contributed by atoms with Gasteiger partial charge in [0.05, 0.1) is 17.7 Å². The molecule has 2 aromatic rings. The molecule has 7 heteroatoms. The molecule has 2 aliphatic heterocycles. The maximum atomic E-state index is 12.9. The summed E-state index contributed by atoms with van der Waals surface area (Å²) < 4.78 is 5.68. The number of carbonyl (C=O) groups excluding carboxylic acids is 2. The highest BCUT2D eigenvalue weighted by molar-refractivity contribution is 6.47. The zero-order valence-corrected chi connectivity index (χ0v) is 17.0. The van der Waals surface area contributed by atoms with Gasteiger partial charge in [0.15, 0.2) is 0 Å². The largest absolute Gasteiger partial charge is 0.507 e. The van der Waals surface area contributed by atoms with Crippen molar-refractivity contribution in [1.29, 1.82) is 0 Å². The van der Waals surface area contributed by atoms with E-state index >= 15 is 0 Å². The fourth-order valence-corrected chi connectivity index (χ4v) is 4.22. The average Bonchev–Trinajstić information content (AvgIpc) is 3.31. The van der Waals surface area contributed by atoms with Crippen LogP contribution in [-0.4, -0.2) is 41.0 Å². The van der Waals surface area contributed by atoms with Crippen LogP contribution in [0.1, 0.15) is 30.0 Å². The van der Waals surface area contributed by atoms with E-state index in [1.54, 1.807) is 48.5 Å². The molecule has 2 atom stereocenters. The zero-order valence-electron chi connectivity index (χ0n) is 15.5. The molecule has 2 fully saturated rings. The number of rotatable bonds is 4. The molecule has 0 unspecified atom stereocenters. The van der Waals surface area contributed by atoms with Crippen molar-refractivity contribution in [3.05, 3.63) is 75.3 Å². The van der Waals surface area contributed by atoms with E-state index in [9.17, 15) is 14.7 Å². The van der Waals surface area contributed by atoms with E-state index < -0.39 is 17.7 Å². The Labute approximate surface area is 178 Å². The highest BCUT2D eigenvalue weighted by atomic mass is 35.5. The Morgan fingerprint density at radius 2 is 1.83 bits per heavy atom. The van der Waals surface area contributed by atoms with Crippen molar-refractivity contribution >= 4 is 40.7 Å². The second-order valence-corrected chi connectivity index (χ2v) is 7.96. The Hall–Kier alpha value is -2.34. The monoisotopic (exact) mass is 431 g/mol. The van der Waals surface area contributed by atoms with Gasteiger partial charge in [-0.05, 0) is 48.7 Å². The van der Waals surface area contributed by atoms with Crippen LogP contribution in [0.4, 0.5) is 0 Å².